The molecule has 0 atom stereocenters. The summed E-state index contributed by atoms with van der Waals surface area (Å²) in [6.45, 7) is 1.38. The van der Waals surface area contributed by atoms with Crippen LogP contribution in [0.2, 0.25) is 0 Å². The normalized spacial score (nSPS) is 9.94. The Morgan fingerprint density at radius 3 is 2.65 bits per heavy atom. The first kappa shape index (κ1) is 12.6. The zero-order valence-corrected chi connectivity index (χ0v) is 9.62. The van der Waals surface area contributed by atoms with Gasteiger partial charge in [0.2, 0.25) is 0 Å². The Bertz CT molecular complexity index is 448. The molecule has 6 nitrogen and oxygen atoms in total. The van der Waals surface area contributed by atoms with Crippen LogP contribution in [0.25, 0.3) is 0 Å². The van der Waals surface area contributed by atoms with Gasteiger partial charge in [-0.3, -0.25) is 4.79 Å². The van der Waals surface area contributed by atoms with Gasteiger partial charge in [0.15, 0.2) is 6.73 Å². The molecule has 17 heavy (non-hydrogen) atoms. The Hall–Kier alpha value is -2.42. The topological polar surface area (TPSA) is 78.0 Å². The fourth-order valence-electron chi connectivity index (χ4n) is 0.941. The standard InChI is InChI=1S/C11H12N4O2/c1-9(16)17-8-15(2)14-13-11-5-3-10(7-12)4-6-11/h3-6H,8H2,1-2H3. The van der Waals surface area contributed by atoms with Crippen LogP contribution in [0, 0.1) is 11.3 Å². The van der Waals surface area contributed by atoms with Crippen molar-refractivity contribution in [1.29, 1.82) is 5.26 Å². The van der Waals surface area contributed by atoms with Gasteiger partial charge < -0.3 is 4.74 Å². The number of carbonyl (C=O) groups excluding carboxylic acids is 1. The molecule has 0 fully saturated rings. The largest absolute Gasteiger partial charge is 0.443 e. The molecule has 88 valence electrons. The lowest BCUT2D eigenvalue weighted by molar-refractivity contribution is -0.145. The van der Waals surface area contributed by atoms with E-state index < -0.39 is 0 Å². The molecule has 0 bridgehead atoms. The number of benzene rings is 1. The number of hydrogen-bond donors (Lipinski definition) is 0. The van der Waals surface area contributed by atoms with Crippen LogP contribution in [0.4, 0.5) is 5.69 Å². The Balaban J connectivity index is 2.52. The van der Waals surface area contributed by atoms with Gasteiger partial charge in [0.1, 0.15) is 0 Å². The first-order chi connectivity index (χ1) is 8.11. The lowest BCUT2D eigenvalue weighted by Crippen LogP contribution is -2.16. The summed E-state index contributed by atoms with van der Waals surface area (Å²) >= 11 is 0. The van der Waals surface area contributed by atoms with E-state index in [0.717, 1.165) is 0 Å². The molecule has 1 aromatic rings. The number of hydrogen-bond acceptors (Lipinski definition) is 5. The molecule has 1 aromatic carbocycles. The van der Waals surface area contributed by atoms with E-state index in [9.17, 15) is 4.79 Å². The fourth-order valence-corrected chi connectivity index (χ4v) is 0.941. The minimum atomic E-state index is -0.370. The highest BCUT2D eigenvalue weighted by molar-refractivity contribution is 5.65. The van der Waals surface area contributed by atoms with Crippen molar-refractivity contribution in [2.45, 2.75) is 6.92 Å². The van der Waals surface area contributed by atoms with Crippen molar-refractivity contribution in [2.24, 2.45) is 10.3 Å². The predicted molar refractivity (Wildman–Crippen MR) is 60.1 cm³/mol. The van der Waals surface area contributed by atoms with Crippen LogP contribution in [0.5, 0.6) is 0 Å². The molecule has 0 amide bonds. The molecule has 1 rings (SSSR count). The molecular formula is C11H12N4O2. The molecule has 0 saturated carbocycles. The molecule has 0 saturated heterocycles. The van der Waals surface area contributed by atoms with Gasteiger partial charge in [-0.25, -0.2) is 5.01 Å². The summed E-state index contributed by atoms with van der Waals surface area (Å²) < 4.78 is 4.72. The molecule has 6 heteroatoms. The van der Waals surface area contributed by atoms with Gasteiger partial charge in [-0.1, -0.05) is 5.22 Å². The zero-order valence-electron chi connectivity index (χ0n) is 9.62. The summed E-state index contributed by atoms with van der Waals surface area (Å²) in [6.07, 6.45) is 0. The van der Waals surface area contributed by atoms with E-state index in [2.05, 4.69) is 10.3 Å². The molecule has 0 N–H and O–H groups in total. The summed E-state index contributed by atoms with van der Waals surface area (Å²) in [5.41, 5.74) is 1.19. The summed E-state index contributed by atoms with van der Waals surface area (Å²) in [5, 5.41) is 17.7. The van der Waals surface area contributed by atoms with Gasteiger partial charge in [-0.05, 0) is 24.3 Å². The third-order valence-corrected chi connectivity index (χ3v) is 1.76. The third kappa shape index (κ3) is 4.75. The Kier molecular flexibility index (Phi) is 4.63. The number of carbonyl (C=O) groups is 1. The maximum atomic E-state index is 10.5. The van der Waals surface area contributed by atoms with Crippen LogP contribution < -0.4 is 0 Å². The highest BCUT2D eigenvalue weighted by atomic mass is 16.5. The maximum Gasteiger partial charge on any atom is 0.304 e. The maximum absolute atomic E-state index is 10.5. The molecule has 0 aromatic heterocycles. The second-order valence-electron chi connectivity index (χ2n) is 3.27. The lowest BCUT2D eigenvalue weighted by Gasteiger charge is -2.09. The number of rotatable bonds is 4. The van der Waals surface area contributed by atoms with E-state index in [-0.39, 0.29) is 12.7 Å². The minimum absolute atomic E-state index is 0.0507. The van der Waals surface area contributed by atoms with Crippen molar-refractivity contribution in [3.8, 4) is 6.07 Å². The van der Waals surface area contributed by atoms with E-state index in [4.69, 9.17) is 10.00 Å². The Morgan fingerprint density at radius 2 is 2.12 bits per heavy atom. The van der Waals surface area contributed by atoms with Crippen LogP contribution in [-0.2, 0) is 9.53 Å². The Morgan fingerprint density at radius 1 is 1.47 bits per heavy atom. The van der Waals surface area contributed by atoms with Crippen LogP contribution in [0.1, 0.15) is 12.5 Å². The minimum Gasteiger partial charge on any atom is -0.443 e. The van der Waals surface area contributed by atoms with E-state index in [1.807, 2.05) is 6.07 Å². The SMILES string of the molecule is CC(=O)OCN(C)N=Nc1ccc(C#N)cc1. The predicted octanol–water partition coefficient (Wildman–Crippen LogP) is 2.01. The van der Waals surface area contributed by atoms with Crippen LogP contribution in [0.3, 0.4) is 0 Å². The molecule has 0 unspecified atom stereocenters. The molecular weight excluding hydrogens is 220 g/mol. The smallest absolute Gasteiger partial charge is 0.304 e. The molecule has 0 aliphatic heterocycles. The molecule has 0 aliphatic rings. The van der Waals surface area contributed by atoms with Gasteiger partial charge in [0.05, 0.1) is 17.3 Å². The van der Waals surface area contributed by atoms with Gasteiger partial charge >= 0.3 is 5.97 Å². The van der Waals surface area contributed by atoms with Crippen molar-refractivity contribution < 1.29 is 9.53 Å². The summed E-state index contributed by atoms with van der Waals surface area (Å²) in [7, 11) is 1.64. The van der Waals surface area contributed by atoms with E-state index in [1.165, 1.54) is 11.9 Å². The highest BCUT2D eigenvalue weighted by Gasteiger charge is 1.97. The summed E-state index contributed by atoms with van der Waals surface area (Å²) in [5.74, 6) is -0.370. The first-order valence-electron chi connectivity index (χ1n) is 4.88. The lowest BCUT2D eigenvalue weighted by atomic mass is 10.2. The zero-order chi connectivity index (χ0) is 12.7. The molecule has 0 radical (unpaired) electrons. The average Bonchev–Trinajstić information content (AvgIpc) is 2.34. The third-order valence-electron chi connectivity index (χ3n) is 1.76. The number of esters is 1. The quantitative estimate of drug-likeness (QED) is 0.344. The molecule has 0 spiro atoms. The fraction of sp³-hybridized carbons (Fsp3) is 0.273. The second kappa shape index (κ2) is 6.23. The number of nitrogens with zero attached hydrogens (tertiary/aromatic N) is 4. The van der Waals surface area contributed by atoms with Crippen LogP contribution >= 0.6 is 0 Å². The van der Waals surface area contributed by atoms with Crippen molar-refractivity contribution in [3.05, 3.63) is 29.8 Å². The van der Waals surface area contributed by atoms with Crippen LogP contribution in [-0.4, -0.2) is 24.8 Å². The first-order valence-corrected chi connectivity index (χ1v) is 4.88. The van der Waals surface area contributed by atoms with Crippen molar-refractivity contribution in [2.75, 3.05) is 13.8 Å². The summed E-state index contributed by atoms with van der Waals surface area (Å²) in [6, 6.07) is 8.68. The van der Waals surface area contributed by atoms with Gasteiger partial charge in [0.25, 0.3) is 0 Å². The monoisotopic (exact) mass is 232 g/mol. The van der Waals surface area contributed by atoms with Crippen molar-refractivity contribution in [1.82, 2.24) is 5.01 Å². The van der Waals surface area contributed by atoms with Gasteiger partial charge in [-0.15, -0.1) is 5.11 Å². The highest BCUT2D eigenvalue weighted by Crippen LogP contribution is 2.13. The van der Waals surface area contributed by atoms with Gasteiger partial charge in [-0.2, -0.15) is 5.26 Å². The van der Waals surface area contributed by atoms with Crippen molar-refractivity contribution in [3.63, 3.8) is 0 Å². The number of ether oxygens (including phenoxy) is 1. The Labute approximate surface area is 99.1 Å². The second-order valence-corrected chi connectivity index (χ2v) is 3.27. The average molecular weight is 232 g/mol. The van der Waals surface area contributed by atoms with Crippen LogP contribution in [0.15, 0.2) is 34.6 Å². The van der Waals surface area contributed by atoms with E-state index in [1.54, 1.807) is 31.3 Å². The molecule has 0 aliphatic carbocycles. The van der Waals surface area contributed by atoms with E-state index in [0.29, 0.717) is 11.3 Å². The molecule has 0 heterocycles. The van der Waals surface area contributed by atoms with Gasteiger partial charge in [0, 0.05) is 14.0 Å². The number of nitriles is 1. The van der Waals surface area contributed by atoms with E-state index >= 15 is 0 Å². The summed E-state index contributed by atoms with van der Waals surface area (Å²) in [4.78, 5) is 10.5. The van der Waals surface area contributed by atoms with Crippen molar-refractivity contribution >= 4 is 11.7 Å².